The molecule has 0 saturated heterocycles. The molecular formula is C12H11F3O3. The van der Waals surface area contributed by atoms with Crippen LogP contribution in [0.5, 0.6) is 0 Å². The third-order valence-electron chi connectivity index (χ3n) is 2.34. The zero-order valence-corrected chi connectivity index (χ0v) is 9.80. The molecular weight excluding hydrogens is 249 g/mol. The zero-order valence-electron chi connectivity index (χ0n) is 9.80. The first kappa shape index (κ1) is 14.2. The van der Waals surface area contributed by atoms with Crippen molar-refractivity contribution >= 4 is 11.8 Å². The first-order valence-electron chi connectivity index (χ1n) is 5.17. The average molecular weight is 260 g/mol. The van der Waals surface area contributed by atoms with E-state index in [-0.39, 0.29) is 17.7 Å². The van der Waals surface area contributed by atoms with Gasteiger partial charge in [-0.25, -0.2) is 4.79 Å². The molecule has 1 aromatic rings. The highest BCUT2D eigenvalue weighted by Crippen LogP contribution is 2.33. The summed E-state index contributed by atoms with van der Waals surface area (Å²) < 4.78 is 42.3. The summed E-state index contributed by atoms with van der Waals surface area (Å²) in [6, 6.07) is 3.11. The van der Waals surface area contributed by atoms with Gasteiger partial charge in [0.05, 0.1) is 12.2 Å². The number of rotatable bonds is 3. The van der Waals surface area contributed by atoms with Crippen LogP contribution in [0.3, 0.4) is 0 Å². The second-order valence-electron chi connectivity index (χ2n) is 3.53. The van der Waals surface area contributed by atoms with E-state index in [1.165, 1.54) is 13.0 Å². The summed E-state index contributed by atoms with van der Waals surface area (Å²) in [5.41, 5.74) is -1.50. The van der Waals surface area contributed by atoms with Crippen molar-refractivity contribution in [3.05, 3.63) is 34.9 Å². The van der Waals surface area contributed by atoms with Crippen LogP contribution in [0.1, 0.15) is 28.4 Å². The van der Waals surface area contributed by atoms with E-state index in [4.69, 9.17) is 0 Å². The van der Waals surface area contributed by atoms with Crippen LogP contribution < -0.4 is 0 Å². The van der Waals surface area contributed by atoms with Crippen LogP contribution in [-0.2, 0) is 15.7 Å². The van der Waals surface area contributed by atoms with Gasteiger partial charge in [-0.1, -0.05) is 12.1 Å². The summed E-state index contributed by atoms with van der Waals surface area (Å²) in [6.45, 7) is 2.64. The minimum atomic E-state index is -4.56. The Morgan fingerprint density at radius 1 is 1.28 bits per heavy atom. The third kappa shape index (κ3) is 2.88. The van der Waals surface area contributed by atoms with Gasteiger partial charge < -0.3 is 4.74 Å². The molecule has 1 aromatic carbocycles. The van der Waals surface area contributed by atoms with E-state index < -0.39 is 23.5 Å². The van der Waals surface area contributed by atoms with Crippen molar-refractivity contribution < 1.29 is 27.5 Å². The van der Waals surface area contributed by atoms with E-state index in [1.807, 2.05) is 0 Å². The number of benzene rings is 1. The number of carbonyl (C=O) groups excluding carboxylic acids is 2. The smallest absolute Gasteiger partial charge is 0.416 e. The first-order valence-corrected chi connectivity index (χ1v) is 5.17. The Morgan fingerprint density at radius 3 is 2.39 bits per heavy atom. The molecule has 0 saturated carbocycles. The van der Waals surface area contributed by atoms with Crippen LogP contribution in [-0.4, -0.2) is 18.4 Å². The fraction of sp³-hybridized carbons (Fsp3) is 0.333. The van der Waals surface area contributed by atoms with Crippen molar-refractivity contribution in [1.82, 2.24) is 0 Å². The monoisotopic (exact) mass is 260 g/mol. The van der Waals surface area contributed by atoms with Gasteiger partial charge >= 0.3 is 12.1 Å². The number of alkyl halides is 3. The molecule has 0 aromatic heterocycles. The lowest BCUT2D eigenvalue weighted by Crippen LogP contribution is -2.20. The lowest BCUT2D eigenvalue weighted by Gasteiger charge is -2.12. The lowest BCUT2D eigenvalue weighted by molar-refractivity contribution is -0.139. The van der Waals surface area contributed by atoms with E-state index in [1.54, 1.807) is 0 Å². The Kier molecular flexibility index (Phi) is 4.11. The molecule has 0 unspecified atom stereocenters. The molecule has 0 aliphatic rings. The maximum Gasteiger partial charge on any atom is 0.416 e. The van der Waals surface area contributed by atoms with Gasteiger partial charge in [0.25, 0.3) is 5.78 Å². The molecule has 0 bridgehead atoms. The van der Waals surface area contributed by atoms with Crippen molar-refractivity contribution in [2.24, 2.45) is 0 Å². The van der Waals surface area contributed by atoms with Gasteiger partial charge in [-0.05, 0) is 25.5 Å². The van der Waals surface area contributed by atoms with Gasteiger partial charge in [-0.3, -0.25) is 4.79 Å². The molecule has 0 fully saturated rings. The molecule has 6 heteroatoms. The zero-order chi connectivity index (χ0) is 13.9. The molecule has 98 valence electrons. The standard InChI is InChI=1S/C12H11F3O3/c1-3-18-11(17)10(16)8-5-4-6-9(7(8)2)12(13,14)15/h4-6H,3H2,1-2H3. The summed E-state index contributed by atoms with van der Waals surface area (Å²) in [5.74, 6) is -2.22. The second-order valence-corrected chi connectivity index (χ2v) is 3.53. The Morgan fingerprint density at radius 2 is 1.89 bits per heavy atom. The molecule has 1 rings (SSSR count). The number of carbonyl (C=O) groups is 2. The Bertz CT molecular complexity index is 478. The van der Waals surface area contributed by atoms with E-state index in [0.29, 0.717) is 0 Å². The molecule has 0 atom stereocenters. The second kappa shape index (κ2) is 5.20. The van der Waals surface area contributed by atoms with Gasteiger partial charge in [0.1, 0.15) is 0 Å². The molecule has 0 spiro atoms. The topological polar surface area (TPSA) is 43.4 Å². The van der Waals surface area contributed by atoms with Crippen LogP contribution in [0, 0.1) is 6.92 Å². The van der Waals surface area contributed by atoms with E-state index in [0.717, 1.165) is 19.1 Å². The molecule has 0 heterocycles. The SMILES string of the molecule is CCOC(=O)C(=O)c1cccc(C(F)(F)F)c1C. The average Bonchev–Trinajstić information content (AvgIpc) is 2.27. The van der Waals surface area contributed by atoms with Crippen molar-refractivity contribution in [2.75, 3.05) is 6.61 Å². The number of ketones is 1. The van der Waals surface area contributed by atoms with E-state index in [2.05, 4.69) is 4.74 Å². The minimum absolute atomic E-state index is 0.0113. The summed E-state index contributed by atoms with van der Waals surface area (Å²) >= 11 is 0. The minimum Gasteiger partial charge on any atom is -0.460 e. The Hall–Kier alpha value is -1.85. The molecule has 3 nitrogen and oxygen atoms in total. The maximum absolute atomic E-state index is 12.6. The number of hydrogen-bond donors (Lipinski definition) is 0. The van der Waals surface area contributed by atoms with Crippen LogP contribution in [0.25, 0.3) is 0 Å². The van der Waals surface area contributed by atoms with Crippen LogP contribution >= 0.6 is 0 Å². The predicted molar refractivity (Wildman–Crippen MR) is 57.1 cm³/mol. The summed E-state index contributed by atoms with van der Waals surface area (Å²) in [6.07, 6.45) is -4.56. The van der Waals surface area contributed by atoms with Crippen molar-refractivity contribution in [3.8, 4) is 0 Å². The summed E-state index contributed by atoms with van der Waals surface area (Å²) in [7, 11) is 0. The Balaban J connectivity index is 3.20. The summed E-state index contributed by atoms with van der Waals surface area (Å²) in [4.78, 5) is 22.8. The van der Waals surface area contributed by atoms with Gasteiger partial charge in [0, 0.05) is 5.56 Å². The maximum atomic E-state index is 12.6. The summed E-state index contributed by atoms with van der Waals surface area (Å²) in [5, 5.41) is 0. The van der Waals surface area contributed by atoms with E-state index >= 15 is 0 Å². The van der Waals surface area contributed by atoms with Crippen LogP contribution in [0.2, 0.25) is 0 Å². The third-order valence-corrected chi connectivity index (χ3v) is 2.34. The molecule has 0 N–H and O–H groups in total. The highest BCUT2D eigenvalue weighted by Gasteiger charge is 2.34. The van der Waals surface area contributed by atoms with E-state index in [9.17, 15) is 22.8 Å². The number of Topliss-reactive ketones (excluding diaryl/α,β-unsaturated/α-hetero) is 1. The molecule has 0 radical (unpaired) electrons. The molecule has 18 heavy (non-hydrogen) atoms. The Labute approximate surface area is 102 Å². The highest BCUT2D eigenvalue weighted by molar-refractivity contribution is 6.41. The normalized spacial score (nSPS) is 11.2. The van der Waals surface area contributed by atoms with Gasteiger partial charge in [-0.15, -0.1) is 0 Å². The van der Waals surface area contributed by atoms with Gasteiger partial charge in [0.2, 0.25) is 0 Å². The van der Waals surface area contributed by atoms with Crippen LogP contribution in [0.4, 0.5) is 13.2 Å². The molecule has 0 aliphatic heterocycles. The first-order chi connectivity index (χ1) is 8.29. The number of esters is 1. The van der Waals surface area contributed by atoms with Gasteiger partial charge in [0.15, 0.2) is 0 Å². The quantitative estimate of drug-likeness (QED) is 0.477. The predicted octanol–water partition coefficient (Wildman–Crippen LogP) is 2.76. The molecule has 0 aliphatic carbocycles. The van der Waals surface area contributed by atoms with Gasteiger partial charge in [-0.2, -0.15) is 13.2 Å². The highest BCUT2D eigenvalue weighted by atomic mass is 19.4. The van der Waals surface area contributed by atoms with Crippen molar-refractivity contribution in [2.45, 2.75) is 20.0 Å². The fourth-order valence-corrected chi connectivity index (χ4v) is 1.50. The van der Waals surface area contributed by atoms with Crippen molar-refractivity contribution in [1.29, 1.82) is 0 Å². The lowest BCUT2D eigenvalue weighted by atomic mass is 9.99. The van der Waals surface area contributed by atoms with Crippen molar-refractivity contribution in [3.63, 3.8) is 0 Å². The van der Waals surface area contributed by atoms with Crippen LogP contribution in [0.15, 0.2) is 18.2 Å². The fourth-order valence-electron chi connectivity index (χ4n) is 1.50. The number of halogens is 3. The number of hydrogen-bond acceptors (Lipinski definition) is 3. The molecule has 0 amide bonds. The number of ether oxygens (including phenoxy) is 1. The largest absolute Gasteiger partial charge is 0.460 e.